The molecular weight excluding hydrogens is 144 g/mol. The third-order valence-corrected chi connectivity index (χ3v) is 1.85. The van der Waals surface area contributed by atoms with Gasteiger partial charge in [0.05, 0.1) is 0 Å². The lowest BCUT2D eigenvalue weighted by molar-refractivity contribution is -0.151. The minimum absolute atomic E-state index is 0.280. The SMILES string of the molecule is O=C(O)C(=O)[C@H]1CC=CCC1. The summed E-state index contributed by atoms with van der Waals surface area (Å²) in [7, 11) is 0. The van der Waals surface area contributed by atoms with Crippen molar-refractivity contribution in [1.82, 2.24) is 0 Å². The van der Waals surface area contributed by atoms with Gasteiger partial charge in [0.25, 0.3) is 0 Å². The lowest BCUT2D eigenvalue weighted by Gasteiger charge is -2.12. The summed E-state index contributed by atoms with van der Waals surface area (Å²) in [6, 6.07) is 0. The molecule has 0 saturated heterocycles. The Kier molecular flexibility index (Phi) is 2.41. The van der Waals surface area contributed by atoms with E-state index in [1.54, 1.807) is 0 Å². The van der Waals surface area contributed by atoms with E-state index in [-0.39, 0.29) is 5.92 Å². The number of ketones is 1. The summed E-state index contributed by atoms with van der Waals surface area (Å²) >= 11 is 0. The summed E-state index contributed by atoms with van der Waals surface area (Å²) in [6.45, 7) is 0. The van der Waals surface area contributed by atoms with Crippen molar-refractivity contribution >= 4 is 11.8 Å². The maximum Gasteiger partial charge on any atom is 0.372 e. The van der Waals surface area contributed by atoms with Gasteiger partial charge in [-0.15, -0.1) is 0 Å². The van der Waals surface area contributed by atoms with Gasteiger partial charge in [-0.25, -0.2) is 4.79 Å². The molecule has 0 aromatic rings. The van der Waals surface area contributed by atoms with Gasteiger partial charge in [0.2, 0.25) is 5.78 Å². The molecule has 1 rings (SSSR count). The number of carbonyl (C=O) groups is 2. The molecule has 0 unspecified atom stereocenters. The van der Waals surface area contributed by atoms with Crippen LogP contribution in [-0.2, 0) is 9.59 Å². The molecule has 0 radical (unpaired) electrons. The number of carboxylic acid groups (broad SMARTS) is 1. The fourth-order valence-electron chi connectivity index (χ4n) is 1.21. The van der Waals surface area contributed by atoms with E-state index >= 15 is 0 Å². The number of hydrogen-bond donors (Lipinski definition) is 1. The second kappa shape index (κ2) is 3.32. The molecule has 11 heavy (non-hydrogen) atoms. The van der Waals surface area contributed by atoms with Crippen LogP contribution in [0.3, 0.4) is 0 Å². The van der Waals surface area contributed by atoms with E-state index < -0.39 is 11.8 Å². The van der Waals surface area contributed by atoms with Gasteiger partial charge in [-0.3, -0.25) is 4.79 Å². The molecule has 0 spiro atoms. The van der Waals surface area contributed by atoms with Crippen LogP contribution in [0.15, 0.2) is 12.2 Å². The quantitative estimate of drug-likeness (QED) is 0.476. The molecule has 0 amide bonds. The van der Waals surface area contributed by atoms with Crippen LogP contribution in [0.5, 0.6) is 0 Å². The van der Waals surface area contributed by atoms with Crippen LogP contribution >= 0.6 is 0 Å². The van der Waals surface area contributed by atoms with Crippen LogP contribution in [-0.4, -0.2) is 16.9 Å². The molecule has 1 aliphatic carbocycles. The zero-order chi connectivity index (χ0) is 8.27. The molecule has 0 fully saturated rings. The molecule has 3 heteroatoms. The zero-order valence-electron chi connectivity index (χ0n) is 6.12. The van der Waals surface area contributed by atoms with Crippen molar-refractivity contribution in [3.63, 3.8) is 0 Å². The van der Waals surface area contributed by atoms with Crippen molar-refractivity contribution in [1.29, 1.82) is 0 Å². The lowest BCUT2D eigenvalue weighted by Crippen LogP contribution is -2.23. The van der Waals surface area contributed by atoms with E-state index in [4.69, 9.17) is 5.11 Å². The molecule has 0 heterocycles. The molecule has 3 nitrogen and oxygen atoms in total. The highest BCUT2D eigenvalue weighted by atomic mass is 16.4. The van der Waals surface area contributed by atoms with Gasteiger partial charge in [-0.05, 0) is 19.3 Å². The van der Waals surface area contributed by atoms with Gasteiger partial charge in [0.1, 0.15) is 0 Å². The Bertz CT molecular complexity index is 205. The Morgan fingerprint density at radius 1 is 1.36 bits per heavy atom. The van der Waals surface area contributed by atoms with Crippen molar-refractivity contribution in [2.75, 3.05) is 0 Å². The average Bonchev–Trinajstić information content (AvgIpc) is 2.05. The standard InChI is InChI=1S/C8H10O3/c9-7(8(10)11)6-4-2-1-3-5-6/h1-2,6H,3-5H2,(H,10,11)/t6-/m0/s1. The number of rotatable bonds is 2. The third-order valence-electron chi connectivity index (χ3n) is 1.85. The Balaban J connectivity index is 2.54. The van der Waals surface area contributed by atoms with Crippen LogP contribution in [0.1, 0.15) is 19.3 Å². The molecule has 1 aliphatic rings. The molecule has 0 aliphatic heterocycles. The second-order valence-corrected chi connectivity index (χ2v) is 2.65. The van der Waals surface area contributed by atoms with Gasteiger partial charge < -0.3 is 5.11 Å². The Morgan fingerprint density at radius 2 is 2.09 bits per heavy atom. The predicted octanol–water partition coefficient (Wildman–Crippen LogP) is 0.996. The molecule has 60 valence electrons. The van der Waals surface area contributed by atoms with Crippen LogP contribution in [0.2, 0.25) is 0 Å². The Hall–Kier alpha value is -1.12. The molecule has 0 aromatic heterocycles. The van der Waals surface area contributed by atoms with Crippen LogP contribution in [0.4, 0.5) is 0 Å². The monoisotopic (exact) mass is 154 g/mol. The highest BCUT2D eigenvalue weighted by Gasteiger charge is 2.24. The van der Waals surface area contributed by atoms with E-state index in [1.807, 2.05) is 12.2 Å². The number of Topliss-reactive ketones (excluding diaryl/α,β-unsaturated/α-hetero) is 1. The highest BCUT2D eigenvalue weighted by molar-refractivity contribution is 6.33. The minimum Gasteiger partial charge on any atom is -0.475 e. The number of carbonyl (C=O) groups excluding carboxylic acids is 1. The maximum atomic E-state index is 10.9. The predicted molar refractivity (Wildman–Crippen MR) is 39.1 cm³/mol. The van der Waals surface area contributed by atoms with Crippen molar-refractivity contribution in [3.8, 4) is 0 Å². The van der Waals surface area contributed by atoms with Crippen molar-refractivity contribution in [2.24, 2.45) is 5.92 Å². The first-order valence-electron chi connectivity index (χ1n) is 3.64. The van der Waals surface area contributed by atoms with Crippen molar-refractivity contribution < 1.29 is 14.7 Å². The second-order valence-electron chi connectivity index (χ2n) is 2.65. The normalized spacial score (nSPS) is 23.1. The van der Waals surface area contributed by atoms with E-state index in [9.17, 15) is 9.59 Å². The largest absolute Gasteiger partial charge is 0.475 e. The van der Waals surface area contributed by atoms with Crippen LogP contribution < -0.4 is 0 Å². The Labute approximate surface area is 64.7 Å². The van der Waals surface area contributed by atoms with Gasteiger partial charge in [-0.2, -0.15) is 0 Å². The van der Waals surface area contributed by atoms with Gasteiger partial charge in [0, 0.05) is 5.92 Å². The van der Waals surface area contributed by atoms with Gasteiger partial charge >= 0.3 is 5.97 Å². The molecule has 0 bridgehead atoms. The summed E-state index contributed by atoms with van der Waals surface area (Å²) in [6.07, 6.45) is 5.94. The topological polar surface area (TPSA) is 54.4 Å². The van der Waals surface area contributed by atoms with Crippen molar-refractivity contribution in [3.05, 3.63) is 12.2 Å². The van der Waals surface area contributed by atoms with E-state index in [2.05, 4.69) is 0 Å². The first kappa shape index (κ1) is 7.98. The zero-order valence-corrected chi connectivity index (χ0v) is 6.12. The van der Waals surface area contributed by atoms with Gasteiger partial charge in [-0.1, -0.05) is 12.2 Å². The van der Waals surface area contributed by atoms with E-state index in [1.165, 1.54) is 0 Å². The van der Waals surface area contributed by atoms with Crippen LogP contribution in [0, 0.1) is 5.92 Å². The molecule has 1 atom stereocenters. The maximum absolute atomic E-state index is 10.9. The molecule has 1 N–H and O–H groups in total. The summed E-state index contributed by atoms with van der Waals surface area (Å²) in [4.78, 5) is 21.1. The fraction of sp³-hybridized carbons (Fsp3) is 0.500. The lowest BCUT2D eigenvalue weighted by atomic mass is 9.91. The number of hydrogen-bond acceptors (Lipinski definition) is 2. The number of aliphatic carboxylic acids is 1. The third kappa shape index (κ3) is 1.90. The first-order chi connectivity index (χ1) is 5.22. The van der Waals surface area contributed by atoms with Crippen LogP contribution in [0.25, 0.3) is 0 Å². The summed E-state index contributed by atoms with van der Waals surface area (Å²) < 4.78 is 0. The van der Waals surface area contributed by atoms with E-state index in [0.717, 1.165) is 6.42 Å². The smallest absolute Gasteiger partial charge is 0.372 e. The first-order valence-corrected chi connectivity index (χ1v) is 3.64. The highest BCUT2D eigenvalue weighted by Crippen LogP contribution is 2.18. The fourth-order valence-corrected chi connectivity index (χ4v) is 1.21. The van der Waals surface area contributed by atoms with E-state index in [0.29, 0.717) is 12.8 Å². The molecule has 0 aromatic carbocycles. The number of allylic oxidation sites excluding steroid dienone is 2. The summed E-state index contributed by atoms with van der Waals surface area (Å²) in [5, 5.41) is 8.36. The molecule has 0 saturated carbocycles. The van der Waals surface area contributed by atoms with Gasteiger partial charge in [0.15, 0.2) is 0 Å². The average molecular weight is 154 g/mol. The summed E-state index contributed by atoms with van der Waals surface area (Å²) in [5.74, 6) is -2.22. The number of carboxylic acids is 1. The molecular formula is C8H10O3. The summed E-state index contributed by atoms with van der Waals surface area (Å²) in [5.41, 5.74) is 0. The van der Waals surface area contributed by atoms with Crippen molar-refractivity contribution in [2.45, 2.75) is 19.3 Å². The minimum atomic E-state index is -1.30. The Morgan fingerprint density at radius 3 is 2.55 bits per heavy atom.